The first-order valence-corrected chi connectivity index (χ1v) is 15.2. The Hall–Kier alpha value is -2.24. The summed E-state index contributed by atoms with van der Waals surface area (Å²) in [6, 6.07) is 37.2. The van der Waals surface area contributed by atoms with Crippen molar-refractivity contribution in [1.29, 1.82) is 0 Å². The monoisotopic (exact) mass is 454 g/mol. The maximum atomic E-state index is 2.38. The third-order valence-electron chi connectivity index (χ3n) is 5.94. The van der Waals surface area contributed by atoms with Crippen LogP contribution in [0.25, 0.3) is 0 Å². The van der Waals surface area contributed by atoms with Gasteiger partial charge in [-0.15, -0.1) is 0 Å². The van der Waals surface area contributed by atoms with E-state index in [0.717, 1.165) is 0 Å². The fourth-order valence-corrected chi connectivity index (χ4v) is 15.7. The summed E-state index contributed by atoms with van der Waals surface area (Å²) in [7, 11) is 0. The average Bonchev–Trinajstić information content (AvgIpc) is 2.73. The van der Waals surface area contributed by atoms with Gasteiger partial charge < -0.3 is 0 Å². The SMILES string of the molecule is Cc1cc[c]([Zr]([c]2ccc(C)cc2)([c]2ccc(C)cc2)[c]2ccc(C)cc2)cc1. The van der Waals surface area contributed by atoms with E-state index in [1.807, 2.05) is 0 Å². The van der Waals surface area contributed by atoms with E-state index in [4.69, 9.17) is 0 Å². The van der Waals surface area contributed by atoms with Crippen molar-refractivity contribution < 1.29 is 20.3 Å². The van der Waals surface area contributed by atoms with E-state index in [2.05, 4.69) is 125 Å². The number of benzene rings is 4. The standard InChI is InChI=1S/4C7H7.Zr/c4*1-7-5-3-2-4-6-7;/h4*3-6H,1H3;. The van der Waals surface area contributed by atoms with Crippen LogP contribution in [0.3, 0.4) is 0 Å². The molecule has 0 aliphatic carbocycles. The topological polar surface area (TPSA) is 0 Å². The zero-order valence-corrected chi connectivity index (χ0v) is 20.2. The van der Waals surface area contributed by atoms with Gasteiger partial charge in [0.05, 0.1) is 0 Å². The van der Waals surface area contributed by atoms with E-state index in [0.29, 0.717) is 0 Å². The van der Waals surface area contributed by atoms with Crippen LogP contribution in [0.2, 0.25) is 0 Å². The van der Waals surface area contributed by atoms with Gasteiger partial charge in [-0.3, -0.25) is 0 Å². The Balaban J connectivity index is 2.11. The zero-order valence-electron chi connectivity index (χ0n) is 17.7. The van der Waals surface area contributed by atoms with Gasteiger partial charge in [0.2, 0.25) is 0 Å². The van der Waals surface area contributed by atoms with Crippen molar-refractivity contribution in [3.63, 3.8) is 0 Å². The van der Waals surface area contributed by atoms with Crippen LogP contribution in [0.15, 0.2) is 97.1 Å². The van der Waals surface area contributed by atoms with Gasteiger partial charge in [0.15, 0.2) is 0 Å². The van der Waals surface area contributed by atoms with Gasteiger partial charge in [0, 0.05) is 0 Å². The van der Waals surface area contributed by atoms with E-state index in [9.17, 15) is 0 Å². The molecule has 29 heavy (non-hydrogen) atoms. The van der Waals surface area contributed by atoms with E-state index < -0.39 is 20.3 Å². The minimum atomic E-state index is -3.43. The summed E-state index contributed by atoms with van der Waals surface area (Å²) in [5.74, 6) is 0. The molecule has 0 fully saturated rings. The van der Waals surface area contributed by atoms with Crippen molar-refractivity contribution in [2.24, 2.45) is 0 Å². The van der Waals surface area contributed by atoms with Crippen LogP contribution in [0.4, 0.5) is 0 Å². The Morgan fingerprint density at radius 1 is 0.310 bits per heavy atom. The molecule has 0 radical (unpaired) electrons. The van der Waals surface area contributed by atoms with Crippen molar-refractivity contribution in [2.75, 3.05) is 0 Å². The molecule has 0 aliphatic rings. The van der Waals surface area contributed by atoms with E-state index in [1.54, 1.807) is 0 Å². The van der Waals surface area contributed by atoms with E-state index in [-0.39, 0.29) is 0 Å². The zero-order chi connectivity index (χ0) is 20.4. The van der Waals surface area contributed by atoms with Gasteiger partial charge in [-0.1, -0.05) is 0 Å². The number of rotatable bonds is 4. The Kier molecular flexibility index (Phi) is 5.70. The van der Waals surface area contributed by atoms with Crippen LogP contribution in [0.5, 0.6) is 0 Å². The second-order valence-electron chi connectivity index (χ2n) is 8.21. The van der Waals surface area contributed by atoms with Crippen molar-refractivity contribution >= 4 is 13.1 Å². The second-order valence-corrected chi connectivity index (χ2v) is 17.6. The van der Waals surface area contributed by atoms with Crippen LogP contribution in [0, 0.1) is 27.7 Å². The molecule has 0 saturated carbocycles. The molecule has 0 N–H and O–H groups in total. The van der Waals surface area contributed by atoms with Crippen molar-refractivity contribution in [3.8, 4) is 0 Å². The van der Waals surface area contributed by atoms with E-state index in [1.165, 1.54) is 35.3 Å². The summed E-state index contributed by atoms with van der Waals surface area (Å²) in [5.41, 5.74) is 5.24. The molecule has 0 spiro atoms. The molecular formula is C28H28Zr. The van der Waals surface area contributed by atoms with Gasteiger partial charge >= 0.3 is 180 Å². The van der Waals surface area contributed by atoms with Crippen LogP contribution < -0.4 is 13.1 Å². The van der Waals surface area contributed by atoms with Gasteiger partial charge in [0.25, 0.3) is 0 Å². The van der Waals surface area contributed by atoms with Crippen molar-refractivity contribution in [1.82, 2.24) is 0 Å². The first-order valence-electron chi connectivity index (χ1n) is 10.3. The molecule has 0 bridgehead atoms. The molecule has 4 aromatic carbocycles. The number of hydrogen-bond acceptors (Lipinski definition) is 0. The maximum absolute atomic E-state index is 3.43. The van der Waals surface area contributed by atoms with Gasteiger partial charge in [-0.2, -0.15) is 0 Å². The van der Waals surface area contributed by atoms with E-state index >= 15 is 0 Å². The Bertz CT molecular complexity index is 900. The molecule has 0 saturated heterocycles. The minimum absolute atomic E-state index is 1.31. The first-order chi connectivity index (χ1) is 14.0. The Labute approximate surface area is 179 Å². The first kappa shape index (κ1) is 20.1. The summed E-state index contributed by atoms with van der Waals surface area (Å²) in [6.07, 6.45) is 0. The molecule has 4 aromatic rings. The number of hydrogen-bond donors (Lipinski definition) is 0. The third kappa shape index (κ3) is 3.81. The van der Waals surface area contributed by atoms with Crippen LogP contribution in [-0.2, 0) is 20.3 Å². The van der Waals surface area contributed by atoms with Crippen LogP contribution in [-0.4, -0.2) is 0 Å². The molecule has 0 nitrogen and oxygen atoms in total. The quantitative estimate of drug-likeness (QED) is 0.419. The fraction of sp³-hybridized carbons (Fsp3) is 0.143. The molecule has 0 aromatic heterocycles. The summed E-state index contributed by atoms with van der Waals surface area (Å²) >= 11 is -3.43. The normalized spacial score (nSPS) is 11.4. The molecule has 0 aliphatic heterocycles. The summed E-state index contributed by atoms with van der Waals surface area (Å²) in [6.45, 7) is 8.68. The van der Waals surface area contributed by atoms with Crippen LogP contribution >= 0.6 is 0 Å². The summed E-state index contributed by atoms with van der Waals surface area (Å²) in [4.78, 5) is 0. The predicted molar refractivity (Wildman–Crippen MR) is 123 cm³/mol. The Morgan fingerprint density at radius 2 is 0.483 bits per heavy atom. The van der Waals surface area contributed by atoms with Crippen molar-refractivity contribution in [3.05, 3.63) is 119 Å². The summed E-state index contributed by atoms with van der Waals surface area (Å²) < 4.78 is 6.01. The average molecular weight is 456 g/mol. The van der Waals surface area contributed by atoms with Gasteiger partial charge in [-0.05, 0) is 0 Å². The molecular weight excluding hydrogens is 428 g/mol. The molecule has 0 atom stereocenters. The van der Waals surface area contributed by atoms with Gasteiger partial charge in [0.1, 0.15) is 0 Å². The predicted octanol–water partition coefficient (Wildman–Crippen LogP) is 4.68. The molecule has 0 heterocycles. The summed E-state index contributed by atoms with van der Waals surface area (Å²) in [5, 5.41) is 0. The molecule has 4 rings (SSSR count). The molecule has 1 heteroatoms. The van der Waals surface area contributed by atoms with Crippen molar-refractivity contribution in [2.45, 2.75) is 27.7 Å². The number of aryl methyl sites for hydroxylation is 4. The molecule has 0 unspecified atom stereocenters. The fourth-order valence-electron chi connectivity index (χ4n) is 4.21. The molecule has 0 amide bonds. The Morgan fingerprint density at radius 3 is 0.655 bits per heavy atom. The third-order valence-corrected chi connectivity index (χ3v) is 17.7. The second kappa shape index (κ2) is 8.25. The van der Waals surface area contributed by atoms with Crippen LogP contribution in [0.1, 0.15) is 22.3 Å². The molecule has 144 valence electrons. The van der Waals surface area contributed by atoms with Gasteiger partial charge in [-0.25, -0.2) is 0 Å².